The Labute approximate surface area is 149 Å². The number of carboxylic acid groups (broad SMARTS) is 1. The van der Waals surface area contributed by atoms with E-state index in [0.29, 0.717) is 16.7 Å². The van der Waals surface area contributed by atoms with Gasteiger partial charge in [-0.1, -0.05) is 6.92 Å². The van der Waals surface area contributed by atoms with Gasteiger partial charge in [0, 0.05) is 5.39 Å². The number of benzene rings is 2. The number of phenols is 1. The second kappa shape index (κ2) is 6.60. The zero-order valence-corrected chi connectivity index (χ0v) is 14.5. The third-order valence-electron chi connectivity index (χ3n) is 3.84. The van der Waals surface area contributed by atoms with Crippen molar-refractivity contribution in [2.45, 2.75) is 11.8 Å². The van der Waals surface area contributed by atoms with Crippen LogP contribution in [0, 0.1) is 0 Å². The molecule has 3 aromatic rings. The van der Waals surface area contributed by atoms with Crippen molar-refractivity contribution < 1.29 is 23.4 Å². The van der Waals surface area contributed by atoms with Crippen LogP contribution in [0.5, 0.6) is 5.75 Å². The van der Waals surface area contributed by atoms with Crippen molar-refractivity contribution in [2.75, 3.05) is 11.1 Å². The standard InChI is InChI=1S/C17H15N3O5S/c1-2-26(24,25)11-4-6-15(21)14(8-11)20-16-12-5-3-10(17(22)23)7-13(12)18-9-19-16/h3-9,21H,2H2,1H3,(H,22,23)(H,18,19,20). The predicted molar refractivity (Wildman–Crippen MR) is 95.6 cm³/mol. The molecule has 1 aromatic heterocycles. The van der Waals surface area contributed by atoms with Crippen LogP contribution in [0.25, 0.3) is 10.9 Å². The lowest BCUT2D eigenvalue weighted by Crippen LogP contribution is -2.05. The second-order valence-electron chi connectivity index (χ2n) is 5.47. The number of aromatic nitrogens is 2. The summed E-state index contributed by atoms with van der Waals surface area (Å²) in [5.41, 5.74) is 0.655. The van der Waals surface area contributed by atoms with E-state index in [9.17, 15) is 18.3 Å². The molecule has 0 atom stereocenters. The Balaban J connectivity index is 2.07. The number of carboxylic acids is 1. The average Bonchev–Trinajstić information content (AvgIpc) is 2.63. The van der Waals surface area contributed by atoms with Crippen LogP contribution >= 0.6 is 0 Å². The molecular weight excluding hydrogens is 358 g/mol. The van der Waals surface area contributed by atoms with Gasteiger partial charge in [-0.15, -0.1) is 0 Å². The van der Waals surface area contributed by atoms with Crippen LogP contribution in [0.15, 0.2) is 47.6 Å². The first kappa shape index (κ1) is 17.6. The second-order valence-corrected chi connectivity index (χ2v) is 7.74. The third kappa shape index (κ3) is 3.29. The summed E-state index contributed by atoms with van der Waals surface area (Å²) in [7, 11) is -3.44. The van der Waals surface area contributed by atoms with Crippen molar-refractivity contribution in [3.63, 3.8) is 0 Å². The summed E-state index contributed by atoms with van der Waals surface area (Å²) < 4.78 is 24.1. The normalized spacial score (nSPS) is 11.4. The van der Waals surface area contributed by atoms with E-state index in [1.807, 2.05) is 0 Å². The van der Waals surface area contributed by atoms with Crippen molar-refractivity contribution in [1.82, 2.24) is 9.97 Å². The van der Waals surface area contributed by atoms with Gasteiger partial charge in [0.05, 0.1) is 27.4 Å². The fraction of sp³-hybridized carbons (Fsp3) is 0.118. The van der Waals surface area contributed by atoms with Gasteiger partial charge in [-0.05, 0) is 36.4 Å². The summed E-state index contributed by atoms with van der Waals surface area (Å²) in [5, 5.41) is 22.5. The number of aromatic hydroxyl groups is 1. The molecule has 0 aliphatic carbocycles. The van der Waals surface area contributed by atoms with Crippen LogP contribution in [0.4, 0.5) is 11.5 Å². The van der Waals surface area contributed by atoms with Crippen LogP contribution in [-0.4, -0.2) is 40.3 Å². The van der Waals surface area contributed by atoms with Crippen molar-refractivity contribution in [3.8, 4) is 5.75 Å². The predicted octanol–water partition coefficient (Wildman–Crippen LogP) is 2.57. The molecule has 0 unspecified atom stereocenters. The summed E-state index contributed by atoms with van der Waals surface area (Å²) in [6.07, 6.45) is 1.25. The Morgan fingerprint density at radius 1 is 1.15 bits per heavy atom. The van der Waals surface area contributed by atoms with Crippen molar-refractivity contribution in [3.05, 3.63) is 48.3 Å². The molecule has 134 valence electrons. The van der Waals surface area contributed by atoms with Gasteiger partial charge in [0.25, 0.3) is 0 Å². The monoisotopic (exact) mass is 373 g/mol. The van der Waals surface area contributed by atoms with Crippen LogP contribution in [-0.2, 0) is 9.84 Å². The first-order valence-electron chi connectivity index (χ1n) is 7.62. The quantitative estimate of drug-likeness (QED) is 0.582. The molecule has 0 aliphatic heterocycles. The molecule has 1 heterocycles. The van der Waals surface area contributed by atoms with Crippen molar-refractivity contribution in [2.24, 2.45) is 0 Å². The highest BCUT2D eigenvalue weighted by Gasteiger charge is 2.15. The maximum Gasteiger partial charge on any atom is 0.335 e. The molecule has 2 aromatic carbocycles. The molecule has 3 N–H and O–H groups in total. The summed E-state index contributed by atoms with van der Waals surface area (Å²) >= 11 is 0. The highest BCUT2D eigenvalue weighted by atomic mass is 32.2. The summed E-state index contributed by atoms with van der Waals surface area (Å²) in [4.78, 5) is 19.3. The van der Waals surface area contributed by atoms with E-state index >= 15 is 0 Å². The highest BCUT2D eigenvalue weighted by molar-refractivity contribution is 7.91. The maximum absolute atomic E-state index is 12.0. The smallest absolute Gasteiger partial charge is 0.335 e. The number of carbonyl (C=O) groups is 1. The Bertz CT molecular complexity index is 1110. The fourth-order valence-electron chi connectivity index (χ4n) is 2.39. The molecule has 0 fully saturated rings. The number of nitrogens with zero attached hydrogens (tertiary/aromatic N) is 2. The minimum Gasteiger partial charge on any atom is -0.506 e. The van der Waals surface area contributed by atoms with Gasteiger partial charge in [-0.3, -0.25) is 0 Å². The summed E-state index contributed by atoms with van der Waals surface area (Å²) in [5.74, 6) is -0.969. The molecule has 8 nitrogen and oxygen atoms in total. The number of hydrogen-bond donors (Lipinski definition) is 3. The number of nitrogens with one attached hydrogen (secondary N) is 1. The number of rotatable bonds is 5. The molecule has 3 rings (SSSR count). The van der Waals surface area contributed by atoms with Crippen LogP contribution < -0.4 is 5.32 Å². The number of fused-ring (bicyclic) bond motifs is 1. The highest BCUT2D eigenvalue weighted by Crippen LogP contribution is 2.31. The van der Waals surface area contributed by atoms with Gasteiger partial charge in [-0.25, -0.2) is 23.2 Å². The lowest BCUT2D eigenvalue weighted by molar-refractivity contribution is 0.0697. The molecular formula is C17H15N3O5S. The van der Waals surface area contributed by atoms with Crippen molar-refractivity contribution in [1.29, 1.82) is 0 Å². The van der Waals surface area contributed by atoms with E-state index in [2.05, 4.69) is 15.3 Å². The third-order valence-corrected chi connectivity index (χ3v) is 5.58. The average molecular weight is 373 g/mol. The van der Waals surface area contributed by atoms with Crippen molar-refractivity contribution >= 4 is 38.2 Å². The molecule has 0 saturated heterocycles. The largest absolute Gasteiger partial charge is 0.506 e. The van der Waals surface area contributed by atoms with Crippen LogP contribution in [0.3, 0.4) is 0 Å². The minimum absolute atomic E-state index is 0.0639. The number of hydrogen-bond acceptors (Lipinski definition) is 7. The molecule has 0 radical (unpaired) electrons. The van der Waals surface area contributed by atoms with E-state index in [1.54, 1.807) is 6.07 Å². The van der Waals surface area contributed by atoms with Gasteiger partial charge in [0.2, 0.25) is 0 Å². The SMILES string of the molecule is CCS(=O)(=O)c1ccc(O)c(Nc2ncnc3cc(C(=O)O)ccc23)c1. The molecule has 26 heavy (non-hydrogen) atoms. The zero-order chi connectivity index (χ0) is 18.9. The van der Waals surface area contributed by atoms with Gasteiger partial charge in [0.1, 0.15) is 17.9 Å². The molecule has 0 saturated carbocycles. The van der Waals surface area contributed by atoms with E-state index in [4.69, 9.17) is 5.11 Å². The molecule has 9 heteroatoms. The van der Waals surface area contributed by atoms with E-state index in [-0.39, 0.29) is 27.6 Å². The number of phenolic OH excluding ortho intramolecular Hbond substituents is 1. The molecule has 0 bridgehead atoms. The fourth-order valence-corrected chi connectivity index (χ4v) is 3.30. The van der Waals surface area contributed by atoms with Gasteiger partial charge in [0.15, 0.2) is 9.84 Å². The number of aromatic carboxylic acids is 1. The van der Waals surface area contributed by atoms with E-state index < -0.39 is 15.8 Å². The molecule has 0 aliphatic rings. The Morgan fingerprint density at radius 2 is 1.92 bits per heavy atom. The van der Waals surface area contributed by atoms with Crippen LogP contribution in [0.2, 0.25) is 0 Å². The topological polar surface area (TPSA) is 129 Å². The zero-order valence-electron chi connectivity index (χ0n) is 13.7. The van der Waals surface area contributed by atoms with Gasteiger partial charge in [-0.2, -0.15) is 0 Å². The Kier molecular flexibility index (Phi) is 4.47. The first-order chi connectivity index (χ1) is 12.3. The lowest BCUT2D eigenvalue weighted by atomic mass is 10.1. The maximum atomic E-state index is 12.0. The molecule has 0 amide bonds. The summed E-state index contributed by atoms with van der Waals surface area (Å²) in [6, 6.07) is 8.31. The molecule has 0 spiro atoms. The Morgan fingerprint density at radius 3 is 2.62 bits per heavy atom. The van der Waals surface area contributed by atoms with E-state index in [1.165, 1.54) is 43.6 Å². The minimum atomic E-state index is -3.44. The van der Waals surface area contributed by atoms with Gasteiger partial charge >= 0.3 is 5.97 Å². The van der Waals surface area contributed by atoms with Gasteiger partial charge < -0.3 is 15.5 Å². The number of sulfone groups is 1. The summed E-state index contributed by atoms with van der Waals surface area (Å²) in [6.45, 7) is 1.53. The van der Waals surface area contributed by atoms with Crippen LogP contribution in [0.1, 0.15) is 17.3 Å². The number of anilines is 2. The lowest BCUT2D eigenvalue weighted by Gasteiger charge is -2.12. The Hall–Kier alpha value is -3.20. The van der Waals surface area contributed by atoms with E-state index in [0.717, 1.165) is 0 Å². The first-order valence-corrected chi connectivity index (χ1v) is 9.28.